The Labute approximate surface area is 179 Å². The summed E-state index contributed by atoms with van der Waals surface area (Å²) in [7, 11) is 3.27. The highest BCUT2D eigenvalue weighted by Crippen LogP contribution is 2.29. The van der Waals surface area contributed by atoms with E-state index in [1.54, 1.807) is 14.2 Å². The first-order chi connectivity index (χ1) is 14.5. The number of nitrogens with one attached hydrogen (secondary N) is 1. The zero-order valence-electron chi connectivity index (χ0n) is 18.5. The average molecular weight is 412 g/mol. The van der Waals surface area contributed by atoms with Gasteiger partial charge in [-0.25, -0.2) is 0 Å². The second-order valence-corrected chi connectivity index (χ2v) is 7.88. The molecule has 1 aliphatic heterocycles. The van der Waals surface area contributed by atoms with Gasteiger partial charge < -0.3 is 14.8 Å². The average Bonchev–Trinajstić information content (AvgIpc) is 2.76. The van der Waals surface area contributed by atoms with E-state index in [9.17, 15) is 4.79 Å². The smallest absolute Gasteiger partial charge is 0.234 e. The van der Waals surface area contributed by atoms with Crippen LogP contribution in [0.25, 0.3) is 0 Å². The van der Waals surface area contributed by atoms with Gasteiger partial charge in [0.05, 0.1) is 26.8 Å². The van der Waals surface area contributed by atoms with Crippen molar-refractivity contribution in [2.24, 2.45) is 0 Å². The maximum Gasteiger partial charge on any atom is 0.234 e. The molecule has 1 amide bonds. The van der Waals surface area contributed by atoms with Gasteiger partial charge in [-0.2, -0.15) is 0 Å². The first-order valence-corrected chi connectivity index (χ1v) is 10.5. The molecule has 0 radical (unpaired) electrons. The number of amides is 1. The predicted molar refractivity (Wildman–Crippen MR) is 119 cm³/mol. The quantitative estimate of drug-likeness (QED) is 0.724. The van der Waals surface area contributed by atoms with E-state index in [1.165, 1.54) is 11.1 Å². The Balaban J connectivity index is 1.49. The van der Waals surface area contributed by atoms with Gasteiger partial charge in [-0.05, 0) is 43.2 Å². The standard InChI is InChI=1S/C24H33N3O3/c1-18-7-5-6-8-20(18)16-26-11-13-27(14-12-26)17-24(28)25-19(2)22-15-21(29-3)9-10-23(22)30-4/h5-10,15,19H,11-14,16-17H2,1-4H3,(H,25,28)/t19-/m1/s1. The van der Waals surface area contributed by atoms with Crippen LogP contribution < -0.4 is 14.8 Å². The van der Waals surface area contributed by atoms with E-state index in [0.717, 1.165) is 49.8 Å². The zero-order valence-corrected chi connectivity index (χ0v) is 18.5. The summed E-state index contributed by atoms with van der Waals surface area (Å²) in [5, 5.41) is 3.10. The molecule has 3 rings (SSSR count). The molecule has 30 heavy (non-hydrogen) atoms. The Morgan fingerprint density at radius 1 is 1.03 bits per heavy atom. The van der Waals surface area contributed by atoms with Crippen LogP contribution in [0.3, 0.4) is 0 Å². The summed E-state index contributed by atoms with van der Waals surface area (Å²) >= 11 is 0. The molecule has 2 aromatic rings. The van der Waals surface area contributed by atoms with Crippen molar-refractivity contribution in [1.29, 1.82) is 0 Å². The molecule has 0 aliphatic carbocycles. The molecule has 1 fully saturated rings. The van der Waals surface area contributed by atoms with Crippen LogP contribution in [0.4, 0.5) is 0 Å². The van der Waals surface area contributed by atoms with E-state index in [0.29, 0.717) is 6.54 Å². The normalized spacial score (nSPS) is 16.1. The maximum atomic E-state index is 12.6. The summed E-state index contributed by atoms with van der Waals surface area (Å²) in [5.74, 6) is 1.52. The van der Waals surface area contributed by atoms with Crippen LogP contribution in [-0.2, 0) is 11.3 Å². The summed E-state index contributed by atoms with van der Waals surface area (Å²) in [5.41, 5.74) is 3.62. The van der Waals surface area contributed by atoms with Crippen molar-refractivity contribution < 1.29 is 14.3 Å². The fourth-order valence-electron chi connectivity index (χ4n) is 3.88. The van der Waals surface area contributed by atoms with Gasteiger partial charge in [-0.15, -0.1) is 0 Å². The Morgan fingerprint density at radius 2 is 1.73 bits per heavy atom. The topological polar surface area (TPSA) is 54.0 Å². The van der Waals surface area contributed by atoms with Gasteiger partial charge in [-0.3, -0.25) is 14.6 Å². The van der Waals surface area contributed by atoms with Crippen LogP contribution in [0.1, 0.15) is 29.7 Å². The van der Waals surface area contributed by atoms with Crippen LogP contribution in [0.5, 0.6) is 11.5 Å². The number of hydrogen-bond donors (Lipinski definition) is 1. The van der Waals surface area contributed by atoms with Crippen LogP contribution in [0.2, 0.25) is 0 Å². The minimum Gasteiger partial charge on any atom is -0.497 e. The van der Waals surface area contributed by atoms with E-state index in [4.69, 9.17) is 9.47 Å². The molecular weight excluding hydrogens is 378 g/mol. The molecule has 6 nitrogen and oxygen atoms in total. The number of hydrogen-bond acceptors (Lipinski definition) is 5. The molecule has 0 bridgehead atoms. The number of nitrogens with zero attached hydrogens (tertiary/aromatic N) is 2. The highest BCUT2D eigenvalue weighted by molar-refractivity contribution is 5.78. The molecule has 1 aliphatic rings. The first kappa shape index (κ1) is 22.1. The van der Waals surface area contributed by atoms with Crippen LogP contribution in [0, 0.1) is 6.92 Å². The minimum atomic E-state index is -0.162. The van der Waals surface area contributed by atoms with E-state index >= 15 is 0 Å². The minimum absolute atomic E-state index is 0.0275. The number of benzene rings is 2. The Bertz CT molecular complexity index is 847. The molecule has 6 heteroatoms. The van der Waals surface area contributed by atoms with Crippen molar-refractivity contribution in [2.45, 2.75) is 26.4 Å². The lowest BCUT2D eigenvalue weighted by molar-refractivity contribution is -0.123. The van der Waals surface area contributed by atoms with E-state index < -0.39 is 0 Å². The monoisotopic (exact) mass is 411 g/mol. The first-order valence-electron chi connectivity index (χ1n) is 10.5. The lowest BCUT2D eigenvalue weighted by Gasteiger charge is -2.34. The van der Waals surface area contributed by atoms with Crippen LogP contribution in [-0.4, -0.2) is 62.7 Å². The van der Waals surface area contributed by atoms with Gasteiger partial charge in [0, 0.05) is 38.3 Å². The fraction of sp³-hybridized carbons (Fsp3) is 0.458. The number of piperazine rings is 1. The molecule has 1 N–H and O–H groups in total. The number of ether oxygens (including phenoxy) is 2. The third kappa shape index (κ3) is 5.74. The molecule has 1 atom stereocenters. The number of rotatable bonds is 8. The van der Waals surface area contributed by atoms with Gasteiger partial charge in [0.1, 0.15) is 11.5 Å². The maximum absolute atomic E-state index is 12.6. The molecule has 0 saturated carbocycles. The second-order valence-electron chi connectivity index (χ2n) is 7.88. The lowest BCUT2D eigenvalue weighted by atomic mass is 10.1. The number of carbonyl (C=O) groups excluding carboxylic acids is 1. The van der Waals surface area contributed by atoms with E-state index in [2.05, 4.69) is 46.3 Å². The molecule has 162 valence electrons. The summed E-state index contributed by atoms with van der Waals surface area (Å²) in [6.07, 6.45) is 0. The van der Waals surface area contributed by atoms with Crippen molar-refractivity contribution in [3.8, 4) is 11.5 Å². The van der Waals surface area contributed by atoms with Gasteiger partial charge in [-0.1, -0.05) is 24.3 Å². The summed E-state index contributed by atoms with van der Waals surface area (Å²) in [4.78, 5) is 17.3. The number of methoxy groups -OCH3 is 2. The second kappa shape index (κ2) is 10.5. The molecule has 0 aromatic heterocycles. The van der Waals surface area contributed by atoms with Crippen LogP contribution in [0.15, 0.2) is 42.5 Å². The van der Waals surface area contributed by atoms with Gasteiger partial charge in [0.15, 0.2) is 0 Å². The molecule has 0 unspecified atom stereocenters. The third-order valence-electron chi connectivity index (χ3n) is 5.77. The fourth-order valence-corrected chi connectivity index (χ4v) is 3.88. The molecule has 1 heterocycles. The summed E-state index contributed by atoms with van der Waals surface area (Å²) in [6.45, 7) is 9.26. The Hall–Kier alpha value is -2.57. The van der Waals surface area contributed by atoms with E-state index in [-0.39, 0.29) is 11.9 Å². The highest BCUT2D eigenvalue weighted by Gasteiger charge is 2.21. The summed E-state index contributed by atoms with van der Waals surface area (Å²) < 4.78 is 10.8. The van der Waals surface area contributed by atoms with Gasteiger partial charge in [0.2, 0.25) is 5.91 Å². The van der Waals surface area contributed by atoms with Crippen molar-refractivity contribution in [1.82, 2.24) is 15.1 Å². The van der Waals surface area contributed by atoms with Gasteiger partial charge >= 0.3 is 0 Å². The van der Waals surface area contributed by atoms with E-state index in [1.807, 2.05) is 25.1 Å². The molecule has 1 saturated heterocycles. The number of aryl methyl sites for hydroxylation is 1. The predicted octanol–water partition coefficient (Wildman–Crippen LogP) is 3.01. The Kier molecular flexibility index (Phi) is 7.71. The largest absolute Gasteiger partial charge is 0.497 e. The molecule has 2 aromatic carbocycles. The molecule has 0 spiro atoms. The van der Waals surface area contributed by atoms with Crippen molar-refractivity contribution in [3.05, 3.63) is 59.2 Å². The van der Waals surface area contributed by atoms with Crippen LogP contribution >= 0.6 is 0 Å². The van der Waals surface area contributed by atoms with Gasteiger partial charge in [0.25, 0.3) is 0 Å². The highest BCUT2D eigenvalue weighted by atomic mass is 16.5. The zero-order chi connectivity index (χ0) is 21.5. The lowest BCUT2D eigenvalue weighted by Crippen LogP contribution is -2.49. The number of carbonyl (C=O) groups is 1. The molecular formula is C24H33N3O3. The SMILES string of the molecule is COc1ccc(OC)c([C@@H](C)NC(=O)CN2CCN(Cc3ccccc3C)CC2)c1. The van der Waals surface area contributed by atoms with Crippen molar-refractivity contribution >= 4 is 5.91 Å². The third-order valence-corrected chi connectivity index (χ3v) is 5.77. The van der Waals surface area contributed by atoms with Crippen molar-refractivity contribution in [2.75, 3.05) is 46.9 Å². The van der Waals surface area contributed by atoms with Crippen molar-refractivity contribution in [3.63, 3.8) is 0 Å². The Morgan fingerprint density at radius 3 is 2.40 bits per heavy atom. The summed E-state index contributed by atoms with van der Waals surface area (Å²) in [6, 6.07) is 14.0.